The molecular formula is C3H8ClNO2S. The zero-order chi connectivity index (χ0) is 6.78. The van der Waals surface area contributed by atoms with E-state index in [1.54, 1.807) is 6.92 Å². The van der Waals surface area contributed by atoms with Gasteiger partial charge < -0.3 is 0 Å². The fourth-order valence-electron chi connectivity index (χ4n) is 0.154. The monoisotopic (exact) mass is 157 g/mol. The average molecular weight is 158 g/mol. The van der Waals surface area contributed by atoms with Crippen molar-refractivity contribution in [3.63, 3.8) is 0 Å². The Kier molecular flexibility index (Phi) is 2.73. The summed E-state index contributed by atoms with van der Waals surface area (Å²) in [5.74, 6) is 0. The van der Waals surface area contributed by atoms with E-state index in [2.05, 4.69) is 0 Å². The van der Waals surface area contributed by atoms with Gasteiger partial charge in [0.1, 0.15) is 0 Å². The Hall–Kier alpha value is 0.200. The summed E-state index contributed by atoms with van der Waals surface area (Å²) < 4.78 is 21.6. The third-order valence-electron chi connectivity index (χ3n) is 0.818. The highest BCUT2D eigenvalue weighted by Crippen LogP contribution is 2.00. The number of hydrogen-bond donors (Lipinski definition) is 0. The SMILES string of the molecule is CCN(C)S(=O)(=O)Cl. The molecule has 0 aliphatic heterocycles. The molecule has 8 heavy (non-hydrogen) atoms. The Balaban J connectivity index is 4.04. The first-order valence-corrected chi connectivity index (χ1v) is 4.41. The lowest BCUT2D eigenvalue weighted by atomic mass is 10.8. The van der Waals surface area contributed by atoms with Crippen molar-refractivity contribution in [3.05, 3.63) is 0 Å². The van der Waals surface area contributed by atoms with Crippen molar-refractivity contribution in [1.82, 2.24) is 4.31 Å². The van der Waals surface area contributed by atoms with Crippen molar-refractivity contribution in [2.45, 2.75) is 6.92 Å². The third-order valence-corrected chi connectivity index (χ3v) is 2.53. The van der Waals surface area contributed by atoms with Gasteiger partial charge in [-0.05, 0) is 0 Å². The van der Waals surface area contributed by atoms with E-state index < -0.39 is 9.24 Å². The van der Waals surface area contributed by atoms with E-state index in [1.807, 2.05) is 0 Å². The first-order chi connectivity index (χ1) is 3.48. The molecular weight excluding hydrogens is 150 g/mol. The van der Waals surface area contributed by atoms with Crippen LogP contribution in [0.4, 0.5) is 0 Å². The average Bonchev–Trinajstić information content (AvgIpc) is 1.62. The van der Waals surface area contributed by atoms with Gasteiger partial charge in [-0.2, -0.15) is 12.7 Å². The van der Waals surface area contributed by atoms with E-state index in [9.17, 15) is 8.42 Å². The van der Waals surface area contributed by atoms with Gasteiger partial charge in [0, 0.05) is 24.3 Å². The van der Waals surface area contributed by atoms with Gasteiger partial charge >= 0.3 is 0 Å². The maximum atomic E-state index is 10.3. The molecule has 0 fully saturated rings. The van der Waals surface area contributed by atoms with Gasteiger partial charge in [-0.1, -0.05) is 6.92 Å². The molecule has 0 amide bonds. The molecule has 0 aromatic heterocycles. The van der Waals surface area contributed by atoms with Crippen LogP contribution in [0.1, 0.15) is 6.92 Å². The third kappa shape index (κ3) is 2.49. The standard InChI is InChI=1S/C3H8ClNO2S/c1-3-5(2)8(4,6)7/h3H2,1-2H3. The largest absolute Gasteiger partial charge is 0.299 e. The van der Waals surface area contributed by atoms with Gasteiger partial charge in [0.2, 0.25) is 0 Å². The summed E-state index contributed by atoms with van der Waals surface area (Å²) in [5, 5.41) is 0. The second-order valence-corrected chi connectivity index (χ2v) is 3.97. The fourth-order valence-corrected chi connectivity index (χ4v) is 0.755. The zero-order valence-corrected chi connectivity index (χ0v) is 6.33. The summed E-state index contributed by atoms with van der Waals surface area (Å²) in [5.41, 5.74) is 0. The van der Waals surface area contributed by atoms with E-state index in [1.165, 1.54) is 7.05 Å². The molecule has 0 atom stereocenters. The Bertz CT molecular complexity index is 153. The molecule has 0 radical (unpaired) electrons. The minimum absolute atomic E-state index is 0.409. The molecule has 0 N–H and O–H groups in total. The quantitative estimate of drug-likeness (QED) is 0.545. The summed E-state index contributed by atoms with van der Waals surface area (Å²) in [4.78, 5) is 0. The van der Waals surface area contributed by atoms with E-state index in [-0.39, 0.29) is 0 Å². The predicted molar refractivity (Wildman–Crippen MR) is 33.1 cm³/mol. The molecule has 0 saturated carbocycles. The highest BCUT2D eigenvalue weighted by Gasteiger charge is 2.09. The first kappa shape index (κ1) is 8.20. The van der Waals surface area contributed by atoms with Crippen LogP contribution < -0.4 is 0 Å². The van der Waals surface area contributed by atoms with E-state index in [0.29, 0.717) is 6.54 Å². The van der Waals surface area contributed by atoms with Crippen molar-refractivity contribution in [3.8, 4) is 0 Å². The lowest BCUT2D eigenvalue weighted by molar-refractivity contribution is 0.501. The molecule has 0 rings (SSSR count). The van der Waals surface area contributed by atoms with Gasteiger partial charge in [0.25, 0.3) is 9.24 Å². The topological polar surface area (TPSA) is 37.4 Å². The fraction of sp³-hybridized carbons (Fsp3) is 1.00. The Morgan fingerprint density at radius 1 is 1.62 bits per heavy atom. The van der Waals surface area contributed by atoms with Gasteiger partial charge in [-0.25, -0.2) is 0 Å². The highest BCUT2D eigenvalue weighted by atomic mass is 35.7. The second-order valence-electron chi connectivity index (χ2n) is 1.36. The molecule has 0 saturated heterocycles. The maximum absolute atomic E-state index is 10.3. The second kappa shape index (κ2) is 2.66. The normalized spacial score (nSPS) is 12.5. The lowest BCUT2D eigenvalue weighted by Crippen LogP contribution is -2.21. The van der Waals surface area contributed by atoms with Crippen LogP contribution in [0.15, 0.2) is 0 Å². The summed E-state index contributed by atoms with van der Waals surface area (Å²) in [6, 6.07) is 0. The van der Waals surface area contributed by atoms with Crippen LogP contribution in [0, 0.1) is 0 Å². The molecule has 0 heterocycles. The number of halogens is 1. The van der Waals surface area contributed by atoms with E-state index in [0.717, 1.165) is 4.31 Å². The number of nitrogens with zero attached hydrogens (tertiary/aromatic N) is 1. The summed E-state index contributed by atoms with van der Waals surface area (Å²) in [6.45, 7) is 2.12. The van der Waals surface area contributed by atoms with Crippen molar-refractivity contribution in [2.24, 2.45) is 0 Å². The Labute approximate surface area is 53.8 Å². The molecule has 0 aromatic carbocycles. The van der Waals surface area contributed by atoms with Crippen molar-refractivity contribution in [1.29, 1.82) is 0 Å². The van der Waals surface area contributed by atoms with Gasteiger partial charge in [0.15, 0.2) is 0 Å². The molecule has 0 spiro atoms. The van der Waals surface area contributed by atoms with Crippen LogP contribution in [0.2, 0.25) is 0 Å². The van der Waals surface area contributed by atoms with Crippen LogP contribution in [-0.2, 0) is 9.24 Å². The van der Waals surface area contributed by atoms with Crippen molar-refractivity contribution < 1.29 is 8.42 Å². The van der Waals surface area contributed by atoms with Crippen LogP contribution in [0.3, 0.4) is 0 Å². The van der Waals surface area contributed by atoms with Gasteiger partial charge in [-0.15, -0.1) is 0 Å². The summed E-state index contributed by atoms with van der Waals surface area (Å²) >= 11 is 0. The number of hydrogen-bond acceptors (Lipinski definition) is 2. The smallest absolute Gasteiger partial charge is 0.195 e. The summed E-state index contributed by atoms with van der Waals surface area (Å²) in [7, 11) is 2.85. The molecule has 0 bridgehead atoms. The molecule has 0 unspecified atom stereocenters. The highest BCUT2D eigenvalue weighted by molar-refractivity contribution is 8.11. The van der Waals surface area contributed by atoms with Crippen molar-refractivity contribution in [2.75, 3.05) is 13.6 Å². The van der Waals surface area contributed by atoms with Gasteiger partial charge in [0.05, 0.1) is 0 Å². The summed E-state index contributed by atoms with van der Waals surface area (Å²) in [6.07, 6.45) is 0. The van der Waals surface area contributed by atoms with Crippen molar-refractivity contribution >= 4 is 19.9 Å². The van der Waals surface area contributed by atoms with E-state index in [4.69, 9.17) is 10.7 Å². The molecule has 5 heteroatoms. The Morgan fingerprint density at radius 3 is 2.00 bits per heavy atom. The van der Waals surface area contributed by atoms with Crippen LogP contribution in [0.25, 0.3) is 0 Å². The minimum Gasteiger partial charge on any atom is -0.195 e. The van der Waals surface area contributed by atoms with Crippen LogP contribution in [0.5, 0.6) is 0 Å². The molecule has 0 aliphatic carbocycles. The van der Waals surface area contributed by atoms with E-state index >= 15 is 0 Å². The Morgan fingerprint density at radius 2 is 2.00 bits per heavy atom. The molecule has 0 aromatic rings. The van der Waals surface area contributed by atoms with Crippen LogP contribution in [-0.4, -0.2) is 26.3 Å². The zero-order valence-electron chi connectivity index (χ0n) is 4.76. The molecule has 3 nitrogen and oxygen atoms in total. The lowest BCUT2D eigenvalue weighted by Gasteiger charge is -2.06. The molecule has 0 aliphatic rings. The minimum atomic E-state index is -3.45. The molecule has 50 valence electrons. The maximum Gasteiger partial charge on any atom is 0.299 e. The first-order valence-electron chi connectivity index (χ1n) is 2.14. The number of rotatable bonds is 2. The predicted octanol–water partition coefficient (Wildman–Crippen LogP) is 0.422. The van der Waals surface area contributed by atoms with Crippen LogP contribution >= 0.6 is 10.7 Å². The van der Waals surface area contributed by atoms with Gasteiger partial charge in [-0.3, -0.25) is 0 Å².